The first kappa shape index (κ1) is 28.8. The molecule has 0 saturated heterocycles. The summed E-state index contributed by atoms with van der Waals surface area (Å²) in [7, 11) is -4.15. The van der Waals surface area contributed by atoms with Crippen LogP contribution in [0.3, 0.4) is 0 Å². The predicted octanol–water partition coefficient (Wildman–Crippen LogP) is 4.58. The number of rotatable bonds is 11. The first-order valence-electron chi connectivity index (χ1n) is 12.5. The molecule has 0 aliphatic rings. The van der Waals surface area contributed by atoms with E-state index >= 15 is 0 Å². The SMILES string of the molecule is CCCNC(=O)[C@H](C)N(Cc1ccccc1F)C(=O)CN(c1cc(C)ccc1C)S(=O)(=O)c1ccccc1. The van der Waals surface area contributed by atoms with Crippen molar-refractivity contribution in [1.29, 1.82) is 0 Å². The van der Waals surface area contributed by atoms with E-state index in [1.54, 1.807) is 50.2 Å². The lowest BCUT2D eigenvalue weighted by Gasteiger charge is -2.32. The molecule has 2 amide bonds. The van der Waals surface area contributed by atoms with E-state index in [2.05, 4.69) is 5.32 Å². The van der Waals surface area contributed by atoms with Gasteiger partial charge in [-0.15, -0.1) is 0 Å². The summed E-state index contributed by atoms with van der Waals surface area (Å²) in [5.41, 5.74) is 2.07. The van der Waals surface area contributed by atoms with Gasteiger partial charge in [-0.2, -0.15) is 0 Å². The molecule has 3 aromatic rings. The van der Waals surface area contributed by atoms with Gasteiger partial charge in [-0.1, -0.05) is 55.5 Å². The third kappa shape index (κ3) is 6.77. The highest BCUT2D eigenvalue weighted by molar-refractivity contribution is 7.92. The molecule has 0 aliphatic carbocycles. The van der Waals surface area contributed by atoms with Crippen molar-refractivity contribution in [2.24, 2.45) is 0 Å². The monoisotopic (exact) mass is 539 g/mol. The minimum Gasteiger partial charge on any atom is -0.354 e. The van der Waals surface area contributed by atoms with Gasteiger partial charge in [0, 0.05) is 18.7 Å². The zero-order valence-electron chi connectivity index (χ0n) is 22.1. The Labute approximate surface area is 224 Å². The Morgan fingerprint density at radius 3 is 2.29 bits per heavy atom. The van der Waals surface area contributed by atoms with Crippen LogP contribution >= 0.6 is 0 Å². The Balaban J connectivity index is 2.06. The van der Waals surface area contributed by atoms with Crippen LogP contribution in [0.2, 0.25) is 0 Å². The van der Waals surface area contributed by atoms with Gasteiger partial charge in [0.2, 0.25) is 11.8 Å². The summed E-state index contributed by atoms with van der Waals surface area (Å²) >= 11 is 0. The molecule has 9 heteroatoms. The standard InChI is InChI=1S/C29H34FN3O4S/c1-5-17-31-29(35)23(4)32(19-24-11-9-10-14-26(24)30)28(34)20-33(27-18-21(2)15-16-22(27)3)38(36,37)25-12-7-6-8-13-25/h6-16,18,23H,5,17,19-20H2,1-4H3,(H,31,35)/t23-/m0/s1. The fourth-order valence-electron chi connectivity index (χ4n) is 4.01. The number of halogens is 1. The van der Waals surface area contributed by atoms with Crippen LogP contribution in [0.5, 0.6) is 0 Å². The Hall–Kier alpha value is -3.72. The molecule has 38 heavy (non-hydrogen) atoms. The summed E-state index contributed by atoms with van der Waals surface area (Å²) in [6, 6.07) is 18.3. The minimum absolute atomic E-state index is 0.0306. The quantitative estimate of drug-likeness (QED) is 0.387. The smallest absolute Gasteiger partial charge is 0.264 e. The molecule has 0 aliphatic heterocycles. The molecule has 0 spiro atoms. The average molecular weight is 540 g/mol. The van der Waals surface area contributed by atoms with Gasteiger partial charge >= 0.3 is 0 Å². The van der Waals surface area contributed by atoms with Gasteiger partial charge < -0.3 is 10.2 Å². The number of nitrogens with zero attached hydrogens (tertiary/aromatic N) is 2. The number of amides is 2. The van der Waals surface area contributed by atoms with Gasteiger partial charge in [-0.25, -0.2) is 12.8 Å². The average Bonchev–Trinajstić information content (AvgIpc) is 2.91. The normalized spacial score (nSPS) is 12.0. The summed E-state index contributed by atoms with van der Waals surface area (Å²) < 4.78 is 43.3. The van der Waals surface area contributed by atoms with E-state index in [0.29, 0.717) is 24.2 Å². The van der Waals surface area contributed by atoms with Crippen LogP contribution in [0.1, 0.15) is 37.0 Å². The summed E-state index contributed by atoms with van der Waals surface area (Å²) in [4.78, 5) is 28.0. The van der Waals surface area contributed by atoms with Gasteiger partial charge in [-0.3, -0.25) is 13.9 Å². The number of carbonyl (C=O) groups excluding carboxylic acids is 2. The summed E-state index contributed by atoms with van der Waals surface area (Å²) in [6.45, 7) is 6.72. The fraction of sp³-hybridized carbons (Fsp3) is 0.310. The van der Waals surface area contributed by atoms with E-state index in [4.69, 9.17) is 0 Å². The molecule has 7 nitrogen and oxygen atoms in total. The maximum atomic E-state index is 14.6. The van der Waals surface area contributed by atoms with Gasteiger partial charge in [-0.05, 0) is 62.6 Å². The van der Waals surface area contributed by atoms with Crippen LogP contribution in [0.15, 0.2) is 77.7 Å². The molecular formula is C29H34FN3O4S. The number of hydrogen-bond acceptors (Lipinski definition) is 4. The van der Waals surface area contributed by atoms with Gasteiger partial charge in [0.05, 0.1) is 10.6 Å². The number of carbonyl (C=O) groups is 2. The van der Waals surface area contributed by atoms with Crippen LogP contribution in [-0.2, 0) is 26.2 Å². The number of hydrogen-bond donors (Lipinski definition) is 1. The lowest BCUT2D eigenvalue weighted by atomic mass is 10.1. The van der Waals surface area contributed by atoms with E-state index in [0.717, 1.165) is 9.87 Å². The van der Waals surface area contributed by atoms with Crippen molar-refractivity contribution in [2.45, 2.75) is 51.6 Å². The molecule has 0 heterocycles. The number of anilines is 1. The molecule has 0 aromatic heterocycles. The first-order valence-corrected chi connectivity index (χ1v) is 14.0. The second-order valence-corrected chi connectivity index (χ2v) is 11.1. The van der Waals surface area contributed by atoms with Crippen molar-refractivity contribution in [3.8, 4) is 0 Å². The molecule has 0 fully saturated rings. The van der Waals surface area contributed by atoms with Crippen molar-refractivity contribution in [3.63, 3.8) is 0 Å². The molecule has 202 valence electrons. The summed E-state index contributed by atoms with van der Waals surface area (Å²) in [6.07, 6.45) is 0.704. The topological polar surface area (TPSA) is 86.8 Å². The van der Waals surface area contributed by atoms with E-state index in [9.17, 15) is 22.4 Å². The van der Waals surface area contributed by atoms with Crippen LogP contribution in [0.4, 0.5) is 10.1 Å². The number of benzene rings is 3. The fourth-order valence-corrected chi connectivity index (χ4v) is 5.50. The van der Waals surface area contributed by atoms with Crippen molar-refractivity contribution >= 4 is 27.5 Å². The Bertz CT molecular complexity index is 1380. The molecular weight excluding hydrogens is 505 g/mol. The Morgan fingerprint density at radius 1 is 0.974 bits per heavy atom. The molecule has 0 saturated carbocycles. The second kappa shape index (κ2) is 12.7. The zero-order chi connectivity index (χ0) is 27.9. The highest BCUT2D eigenvalue weighted by Gasteiger charge is 2.33. The second-order valence-electron chi connectivity index (χ2n) is 9.19. The van der Waals surface area contributed by atoms with E-state index < -0.39 is 40.2 Å². The largest absolute Gasteiger partial charge is 0.354 e. The molecule has 1 N–H and O–H groups in total. The summed E-state index contributed by atoms with van der Waals surface area (Å²) in [5, 5.41) is 2.77. The molecule has 0 unspecified atom stereocenters. The van der Waals surface area contributed by atoms with Gasteiger partial charge in [0.15, 0.2) is 0 Å². The molecule has 1 atom stereocenters. The van der Waals surface area contributed by atoms with Crippen LogP contribution in [-0.4, -0.2) is 44.3 Å². The zero-order valence-corrected chi connectivity index (χ0v) is 23.0. The molecule has 3 rings (SSSR count). The van der Waals surface area contributed by atoms with Crippen molar-refractivity contribution in [3.05, 3.63) is 95.3 Å². The van der Waals surface area contributed by atoms with E-state index in [-0.39, 0.29) is 17.0 Å². The van der Waals surface area contributed by atoms with E-state index in [1.807, 2.05) is 19.9 Å². The number of sulfonamides is 1. The van der Waals surface area contributed by atoms with Crippen LogP contribution in [0, 0.1) is 19.7 Å². The summed E-state index contributed by atoms with van der Waals surface area (Å²) in [5.74, 6) is -1.55. The van der Waals surface area contributed by atoms with Gasteiger partial charge in [0.1, 0.15) is 18.4 Å². The highest BCUT2D eigenvalue weighted by Crippen LogP contribution is 2.28. The molecule has 0 bridgehead atoms. The predicted molar refractivity (Wildman–Crippen MR) is 147 cm³/mol. The van der Waals surface area contributed by atoms with Crippen LogP contribution < -0.4 is 9.62 Å². The lowest BCUT2D eigenvalue weighted by Crippen LogP contribution is -2.51. The Kier molecular flexibility index (Phi) is 9.63. The molecule has 0 radical (unpaired) electrons. The maximum Gasteiger partial charge on any atom is 0.264 e. The van der Waals surface area contributed by atoms with Crippen molar-refractivity contribution in [1.82, 2.24) is 10.2 Å². The number of aryl methyl sites for hydroxylation is 2. The minimum atomic E-state index is -4.15. The highest BCUT2D eigenvalue weighted by atomic mass is 32.2. The lowest BCUT2D eigenvalue weighted by molar-refractivity contribution is -0.139. The Morgan fingerprint density at radius 2 is 1.63 bits per heavy atom. The van der Waals surface area contributed by atoms with E-state index in [1.165, 1.54) is 35.2 Å². The molecule has 3 aromatic carbocycles. The first-order chi connectivity index (χ1) is 18.1. The van der Waals surface area contributed by atoms with Crippen molar-refractivity contribution in [2.75, 3.05) is 17.4 Å². The van der Waals surface area contributed by atoms with Gasteiger partial charge in [0.25, 0.3) is 10.0 Å². The van der Waals surface area contributed by atoms with Crippen molar-refractivity contribution < 1.29 is 22.4 Å². The van der Waals surface area contributed by atoms with Crippen LogP contribution in [0.25, 0.3) is 0 Å². The third-order valence-corrected chi connectivity index (χ3v) is 8.03. The number of nitrogens with one attached hydrogen (secondary N) is 1. The third-order valence-electron chi connectivity index (χ3n) is 6.26. The maximum absolute atomic E-state index is 14.6.